The van der Waals surface area contributed by atoms with Crippen molar-refractivity contribution in [2.45, 2.75) is 39.8 Å². The van der Waals surface area contributed by atoms with Crippen molar-refractivity contribution in [3.63, 3.8) is 0 Å². The standard InChI is InChI=1S/C10H17N3/c1-8-9(5-11-7-12-8)6-13-10(2,3)4/h5,7,13H,6H2,1-4H3. The van der Waals surface area contributed by atoms with E-state index in [9.17, 15) is 0 Å². The van der Waals surface area contributed by atoms with E-state index in [0.29, 0.717) is 0 Å². The Morgan fingerprint density at radius 2 is 2.08 bits per heavy atom. The number of hydrogen-bond donors (Lipinski definition) is 1. The molecule has 1 aromatic heterocycles. The summed E-state index contributed by atoms with van der Waals surface area (Å²) in [5.74, 6) is 0. The van der Waals surface area contributed by atoms with Gasteiger partial charge in [-0.05, 0) is 27.7 Å². The lowest BCUT2D eigenvalue weighted by molar-refractivity contribution is 0.423. The van der Waals surface area contributed by atoms with Crippen LogP contribution in [0.3, 0.4) is 0 Å². The molecule has 1 rings (SSSR count). The molecule has 0 amide bonds. The summed E-state index contributed by atoms with van der Waals surface area (Å²) in [6.45, 7) is 9.27. The van der Waals surface area contributed by atoms with Crippen molar-refractivity contribution in [1.82, 2.24) is 15.3 Å². The molecule has 0 saturated carbocycles. The molecule has 72 valence electrons. The SMILES string of the molecule is Cc1ncncc1CNC(C)(C)C. The minimum atomic E-state index is 0.141. The Morgan fingerprint density at radius 1 is 1.38 bits per heavy atom. The molecule has 1 aromatic rings. The lowest BCUT2D eigenvalue weighted by atomic mass is 10.1. The molecule has 0 atom stereocenters. The van der Waals surface area contributed by atoms with Gasteiger partial charge in [0.05, 0.1) is 0 Å². The molecular weight excluding hydrogens is 162 g/mol. The molecule has 0 aliphatic heterocycles. The van der Waals surface area contributed by atoms with Crippen LogP contribution in [-0.4, -0.2) is 15.5 Å². The van der Waals surface area contributed by atoms with E-state index in [0.717, 1.165) is 17.8 Å². The number of aromatic nitrogens is 2. The Bertz CT molecular complexity index is 276. The monoisotopic (exact) mass is 179 g/mol. The van der Waals surface area contributed by atoms with Crippen LogP contribution < -0.4 is 5.32 Å². The highest BCUT2D eigenvalue weighted by Crippen LogP contribution is 2.05. The molecule has 0 saturated heterocycles. The molecule has 1 N–H and O–H groups in total. The van der Waals surface area contributed by atoms with Gasteiger partial charge in [0.2, 0.25) is 0 Å². The van der Waals surface area contributed by atoms with Crippen molar-refractivity contribution < 1.29 is 0 Å². The molecule has 1 heterocycles. The van der Waals surface area contributed by atoms with Crippen LogP contribution in [0.2, 0.25) is 0 Å². The van der Waals surface area contributed by atoms with E-state index in [1.54, 1.807) is 6.33 Å². The van der Waals surface area contributed by atoms with Crippen molar-refractivity contribution >= 4 is 0 Å². The third-order valence-corrected chi connectivity index (χ3v) is 1.82. The Labute approximate surface area is 79.6 Å². The van der Waals surface area contributed by atoms with Crippen molar-refractivity contribution in [1.29, 1.82) is 0 Å². The Morgan fingerprint density at radius 3 is 2.62 bits per heavy atom. The van der Waals surface area contributed by atoms with Gasteiger partial charge in [-0.1, -0.05) is 0 Å². The predicted molar refractivity (Wildman–Crippen MR) is 53.4 cm³/mol. The zero-order chi connectivity index (χ0) is 9.90. The molecule has 0 aliphatic rings. The Hall–Kier alpha value is -0.960. The van der Waals surface area contributed by atoms with Gasteiger partial charge in [-0.25, -0.2) is 9.97 Å². The van der Waals surface area contributed by atoms with Gasteiger partial charge in [0.15, 0.2) is 0 Å². The maximum absolute atomic E-state index is 4.13. The average Bonchev–Trinajstić information content (AvgIpc) is 2.01. The van der Waals surface area contributed by atoms with E-state index in [4.69, 9.17) is 0 Å². The second-order valence-electron chi connectivity index (χ2n) is 4.24. The third kappa shape index (κ3) is 3.51. The summed E-state index contributed by atoms with van der Waals surface area (Å²) >= 11 is 0. The second-order valence-corrected chi connectivity index (χ2v) is 4.24. The fourth-order valence-electron chi connectivity index (χ4n) is 0.954. The summed E-state index contributed by atoms with van der Waals surface area (Å²) < 4.78 is 0. The molecule has 0 aliphatic carbocycles. The average molecular weight is 179 g/mol. The van der Waals surface area contributed by atoms with Crippen LogP contribution in [0.5, 0.6) is 0 Å². The highest BCUT2D eigenvalue weighted by atomic mass is 14.9. The summed E-state index contributed by atoms with van der Waals surface area (Å²) in [6.07, 6.45) is 3.44. The van der Waals surface area contributed by atoms with Crippen molar-refractivity contribution in [3.8, 4) is 0 Å². The summed E-state index contributed by atoms with van der Waals surface area (Å²) in [7, 11) is 0. The number of hydrogen-bond acceptors (Lipinski definition) is 3. The molecule has 0 spiro atoms. The first-order valence-corrected chi connectivity index (χ1v) is 4.49. The van der Waals surface area contributed by atoms with Crippen LogP contribution in [0.4, 0.5) is 0 Å². The van der Waals surface area contributed by atoms with Crippen LogP contribution in [-0.2, 0) is 6.54 Å². The zero-order valence-electron chi connectivity index (χ0n) is 8.76. The fourth-order valence-corrected chi connectivity index (χ4v) is 0.954. The molecule has 0 bridgehead atoms. The summed E-state index contributed by atoms with van der Waals surface area (Å²) in [5, 5.41) is 3.40. The minimum Gasteiger partial charge on any atom is -0.308 e. The summed E-state index contributed by atoms with van der Waals surface area (Å²) in [6, 6.07) is 0. The highest BCUT2D eigenvalue weighted by molar-refractivity contribution is 5.13. The van der Waals surface area contributed by atoms with Crippen LogP contribution in [0.25, 0.3) is 0 Å². The minimum absolute atomic E-state index is 0.141. The second kappa shape index (κ2) is 3.83. The molecule has 3 nitrogen and oxygen atoms in total. The third-order valence-electron chi connectivity index (χ3n) is 1.82. The lowest BCUT2D eigenvalue weighted by Crippen LogP contribution is -2.35. The van der Waals surface area contributed by atoms with Gasteiger partial charge in [-0.2, -0.15) is 0 Å². The van der Waals surface area contributed by atoms with Gasteiger partial charge in [0.25, 0.3) is 0 Å². The van der Waals surface area contributed by atoms with Gasteiger partial charge in [0, 0.05) is 29.5 Å². The van der Waals surface area contributed by atoms with Crippen molar-refractivity contribution in [2.24, 2.45) is 0 Å². The van der Waals surface area contributed by atoms with Gasteiger partial charge in [0.1, 0.15) is 6.33 Å². The highest BCUT2D eigenvalue weighted by Gasteiger charge is 2.09. The van der Waals surface area contributed by atoms with Crippen molar-refractivity contribution in [2.75, 3.05) is 0 Å². The first kappa shape index (κ1) is 10.1. The van der Waals surface area contributed by atoms with Crippen LogP contribution in [0.15, 0.2) is 12.5 Å². The van der Waals surface area contributed by atoms with Crippen LogP contribution >= 0.6 is 0 Å². The topological polar surface area (TPSA) is 37.8 Å². The quantitative estimate of drug-likeness (QED) is 0.750. The van der Waals surface area contributed by atoms with E-state index >= 15 is 0 Å². The number of rotatable bonds is 2. The molecule has 0 aromatic carbocycles. The van der Waals surface area contributed by atoms with Gasteiger partial charge in [-0.15, -0.1) is 0 Å². The fraction of sp³-hybridized carbons (Fsp3) is 0.600. The van der Waals surface area contributed by atoms with E-state index in [1.807, 2.05) is 13.1 Å². The molecule has 0 unspecified atom stereocenters. The van der Waals surface area contributed by atoms with Gasteiger partial charge < -0.3 is 5.32 Å². The first-order chi connectivity index (χ1) is 5.99. The zero-order valence-corrected chi connectivity index (χ0v) is 8.76. The lowest BCUT2D eigenvalue weighted by Gasteiger charge is -2.20. The maximum Gasteiger partial charge on any atom is 0.115 e. The Kier molecular flexibility index (Phi) is 2.98. The Balaban J connectivity index is 2.60. The molecule has 3 heteroatoms. The first-order valence-electron chi connectivity index (χ1n) is 4.49. The predicted octanol–water partition coefficient (Wildman–Crippen LogP) is 1.67. The van der Waals surface area contributed by atoms with Crippen LogP contribution in [0.1, 0.15) is 32.0 Å². The van der Waals surface area contributed by atoms with Gasteiger partial charge in [-0.3, -0.25) is 0 Å². The maximum atomic E-state index is 4.13. The molecular formula is C10H17N3. The smallest absolute Gasteiger partial charge is 0.115 e. The molecule has 13 heavy (non-hydrogen) atoms. The summed E-state index contributed by atoms with van der Waals surface area (Å²) in [4.78, 5) is 8.12. The van der Waals surface area contributed by atoms with E-state index < -0.39 is 0 Å². The van der Waals surface area contributed by atoms with E-state index in [2.05, 4.69) is 36.1 Å². The molecule has 0 radical (unpaired) electrons. The number of aryl methyl sites for hydroxylation is 1. The normalized spacial score (nSPS) is 11.7. The van der Waals surface area contributed by atoms with E-state index in [1.165, 1.54) is 0 Å². The van der Waals surface area contributed by atoms with E-state index in [-0.39, 0.29) is 5.54 Å². The summed E-state index contributed by atoms with van der Waals surface area (Å²) in [5.41, 5.74) is 2.35. The number of nitrogens with zero attached hydrogens (tertiary/aromatic N) is 2. The largest absolute Gasteiger partial charge is 0.308 e. The van der Waals surface area contributed by atoms with Gasteiger partial charge >= 0.3 is 0 Å². The van der Waals surface area contributed by atoms with Crippen molar-refractivity contribution in [3.05, 3.63) is 23.8 Å². The number of nitrogens with one attached hydrogen (secondary N) is 1. The van der Waals surface area contributed by atoms with Crippen LogP contribution in [0, 0.1) is 6.92 Å². The molecule has 0 fully saturated rings.